The number of anilines is 1. The van der Waals surface area contributed by atoms with E-state index in [4.69, 9.17) is 5.11 Å². The van der Waals surface area contributed by atoms with Crippen LogP contribution in [0.1, 0.15) is 16.8 Å². The maximum absolute atomic E-state index is 12.5. The lowest BCUT2D eigenvalue weighted by Crippen LogP contribution is -2.32. The van der Waals surface area contributed by atoms with Gasteiger partial charge in [-0.15, -0.1) is 0 Å². The molecule has 3 nitrogen and oxygen atoms in total. The molecule has 0 fully saturated rings. The minimum atomic E-state index is -4.27. The Hall–Kier alpha value is -1.50. The van der Waals surface area contributed by atoms with E-state index in [1.807, 2.05) is 0 Å². The summed E-state index contributed by atoms with van der Waals surface area (Å²) in [4.78, 5) is 12.6. The summed E-state index contributed by atoms with van der Waals surface area (Å²) >= 11 is 3.26. The van der Waals surface area contributed by atoms with Crippen molar-refractivity contribution in [3.63, 3.8) is 0 Å². The lowest BCUT2D eigenvalue weighted by Gasteiger charge is -2.30. The lowest BCUT2D eigenvalue weighted by atomic mass is 10.1. The van der Waals surface area contributed by atoms with Gasteiger partial charge in [0.25, 0.3) is 0 Å². The summed E-state index contributed by atoms with van der Waals surface area (Å²) in [5.74, 6) is -1.05. The van der Waals surface area contributed by atoms with Crippen molar-refractivity contribution in [3.05, 3.63) is 39.9 Å². The van der Waals surface area contributed by atoms with Crippen LogP contribution in [0, 0.1) is 0 Å². The van der Waals surface area contributed by atoms with Crippen molar-refractivity contribution in [1.82, 2.24) is 0 Å². The van der Waals surface area contributed by atoms with Gasteiger partial charge in [0, 0.05) is 23.1 Å². The zero-order chi connectivity index (χ0) is 14.9. The van der Waals surface area contributed by atoms with Crippen LogP contribution in [0.5, 0.6) is 0 Å². The molecule has 0 aromatic heterocycles. The van der Waals surface area contributed by atoms with Crippen molar-refractivity contribution in [3.8, 4) is 0 Å². The molecule has 0 saturated heterocycles. The second kappa shape index (κ2) is 5.47. The number of nitrogens with zero attached hydrogens (tertiary/aromatic N) is 1. The smallest absolute Gasteiger partial charge is 0.412 e. The molecule has 0 unspecified atom stereocenters. The molecular formula is C13H11BrF3NO2. The number of halogens is 4. The minimum absolute atomic E-state index is 0.0728. The van der Waals surface area contributed by atoms with Gasteiger partial charge in [-0.2, -0.15) is 13.2 Å². The van der Waals surface area contributed by atoms with Gasteiger partial charge >= 0.3 is 12.1 Å². The Morgan fingerprint density at radius 2 is 2.05 bits per heavy atom. The van der Waals surface area contributed by atoms with Gasteiger partial charge in [0.2, 0.25) is 0 Å². The second-order valence-electron chi connectivity index (χ2n) is 4.39. The summed E-state index contributed by atoms with van der Waals surface area (Å²) in [5.41, 5.74) is 0.309. The first-order chi connectivity index (χ1) is 9.29. The number of alkyl halides is 3. The van der Waals surface area contributed by atoms with Crippen molar-refractivity contribution in [2.24, 2.45) is 0 Å². The first kappa shape index (κ1) is 14.9. The molecular weight excluding hydrogens is 339 g/mol. The molecule has 1 N–H and O–H groups in total. The van der Waals surface area contributed by atoms with Crippen LogP contribution in [-0.2, 0) is 0 Å². The summed E-state index contributed by atoms with van der Waals surface area (Å²) in [6.07, 6.45) is -3.17. The highest BCUT2D eigenvalue weighted by Crippen LogP contribution is 2.34. The zero-order valence-corrected chi connectivity index (χ0v) is 11.8. The molecule has 0 bridgehead atoms. The molecule has 0 atom stereocenters. The standard InChI is InChI=1S/C13H11BrF3NO2/c14-10-7-8(12(19)20)1-2-11(10)18-5-3-9(4-6-18)13(15,16)17/h1-3,7H,4-6H2,(H,19,20). The predicted octanol–water partition coefficient (Wildman–Crippen LogP) is 3.85. The van der Waals surface area contributed by atoms with E-state index in [2.05, 4.69) is 15.9 Å². The molecule has 1 aliphatic rings. The number of hydrogen-bond donors (Lipinski definition) is 1. The van der Waals surface area contributed by atoms with Gasteiger partial charge in [0.15, 0.2) is 0 Å². The van der Waals surface area contributed by atoms with Crippen molar-refractivity contribution in [2.75, 3.05) is 18.0 Å². The van der Waals surface area contributed by atoms with E-state index in [9.17, 15) is 18.0 Å². The first-order valence-corrected chi connectivity index (χ1v) is 6.62. The third kappa shape index (κ3) is 3.15. The molecule has 0 spiro atoms. The van der Waals surface area contributed by atoms with Gasteiger partial charge < -0.3 is 10.0 Å². The summed E-state index contributed by atoms with van der Waals surface area (Å²) in [6, 6.07) is 4.48. The van der Waals surface area contributed by atoms with Crippen LogP contribution in [0.15, 0.2) is 34.3 Å². The number of hydrogen-bond acceptors (Lipinski definition) is 2. The molecule has 0 amide bonds. The Bertz CT molecular complexity index is 569. The van der Waals surface area contributed by atoms with Gasteiger partial charge in [0.1, 0.15) is 0 Å². The fourth-order valence-electron chi connectivity index (χ4n) is 2.04. The normalized spacial score (nSPS) is 16.0. The number of carboxylic acids is 1. The topological polar surface area (TPSA) is 40.5 Å². The third-order valence-electron chi connectivity index (χ3n) is 3.11. The summed E-state index contributed by atoms with van der Waals surface area (Å²) in [6.45, 7) is 0.399. The molecule has 0 aliphatic carbocycles. The molecule has 1 heterocycles. The zero-order valence-electron chi connectivity index (χ0n) is 10.2. The number of carbonyl (C=O) groups is 1. The highest BCUT2D eigenvalue weighted by atomic mass is 79.9. The number of benzene rings is 1. The van der Waals surface area contributed by atoms with Crippen LogP contribution < -0.4 is 4.90 Å². The minimum Gasteiger partial charge on any atom is -0.478 e. The monoisotopic (exact) mass is 349 g/mol. The van der Waals surface area contributed by atoms with Crippen LogP contribution in [0.2, 0.25) is 0 Å². The average molecular weight is 350 g/mol. The van der Waals surface area contributed by atoms with E-state index in [0.29, 0.717) is 10.2 Å². The van der Waals surface area contributed by atoms with Gasteiger partial charge in [-0.3, -0.25) is 0 Å². The quantitative estimate of drug-likeness (QED) is 0.824. The molecule has 0 saturated carbocycles. The van der Waals surface area contributed by atoms with Crippen LogP contribution in [0.3, 0.4) is 0 Å². The highest BCUT2D eigenvalue weighted by molar-refractivity contribution is 9.10. The van der Waals surface area contributed by atoms with E-state index in [0.717, 1.165) is 0 Å². The molecule has 2 rings (SSSR count). The fraction of sp³-hybridized carbons (Fsp3) is 0.308. The van der Waals surface area contributed by atoms with E-state index in [1.54, 1.807) is 11.0 Å². The van der Waals surface area contributed by atoms with Crippen LogP contribution in [0.25, 0.3) is 0 Å². The number of carboxylic acid groups (broad SMARTS) is 1. The fourth-order valence-corrected chi connectivity index (χ4v) is 2.67. The van der Waals surface area contributed by atoms with Gasteiger partial charge in [0.05, 0.1) is 11.3 Å². The SMILES string of the molecule is O=C(O)c1ccc(N2CC=C(C(F)(F)F)CC2)c(Br)c1. The second-order valence-corrected chi connectivity index (χ2v) is 5.25. The highest BCUT2D eigenvalue weighted by Gasteiger charge is 2.34. The van der Waals surface area contributed by atoms with Crippen molar-refractivity contribution < 1.29 is 23.1 Å². The Labute approximate surface area is 121 Å². The van der Waals surface area contributed by atoms with Crippen molar-refractivity contribution in [2.45, 2.75) is 12.6 Å². The number of aromatic carboxylic acids is 1. The van der Waals surface area contributed by atoms with Crippen LogP contribution >= 0.6 is 15.9 Å². The van der Waals surface area contributed by atoms with Crippen molar-refractivity contribution >= 4 is 27.6 Å². The molecule has 20 heavy (non-hydrogen) atoms. The Morgan fingerprint density at radius 1 is 1.35 bits per heavy atom. The van der Waals surface area contributed by atoms with Gasteiger partial charge in [-0.1, -0.05) is 6.08 Å². The van der Waals surface area contributed by atoms with E-state index in [1.165, 1.54) is 18.2 Å². The van der Waals surface area contributed by atoms with Gasteiger partial charge in [-0.25, -0.2) is 4.79 Å². The third-order valence-corrected chi connectivity index (χ3v) is 3.74. The Balaban J connectivity index is 2.19. The molecule has 108 valence electrons. The lowest BCUT2D eigenvalue weighted by molar-refractivity contribution is -0.0944. The maximum Gasteiger partial charge on any atom is 0.412 e. The average Bonchev–Trinajstić information content (AvgIpc) is 2.37. The molecule has 1 aromatic carbocycles. The summed E-state index contributed by atoms with van der Waals surface area (Å²) in [5, 5.41) is 8.87. The first-order valence-electron chi connectivity index (χ1n) is 5.83. The summed E-state index contributed by atoms with van der Waals surface area (Å²) < 4.78 is 38.1. The Kier molecular flexibility index (Phi) is 4.08. The van der Waals surface area contributed by atoms with Gasteiger partial charge in [-0.05, 0) is 40.5 Å². The molecule has 7 heteroatoms. The predicted molar refractivity (Wildman–Crippen MR) is 72.1 cm³/mol. The van der Waals surface area contributed by atoms with Crippen molar-refractivity contribution in [1.29, 1.82) is 0 Å². The van der Waals surface area contributed by atoms with E-state index in [-0.39, 0.29) is 25.1 Å². The van der Waals surface area contributed by atoms with E-state index < -0.39 is 17.7 Å². The largest absolute Gasteiger partial charge is 0.478 e. The summed E-state index contributed by atoms with van der Waals surface area (Å²) in [7, 11) is 0. The van der Waals surface area contributed by atoms with E-state index >= 15 is 0 Å². The Morgan fingerprint density at radius 3 is 2.50 bits per heavy atom. The van der Waals surface area contributed by atoms with Crippen LogP contribution in [0.4, 0.5) is 18.9 Å². The maximum atomic E-state index is 12.5. The number of rotatable bonds is 2. The van der Waals surface area contributed by atoms with Crippen LogP contribution in [-0.4, -0.2) is 30.3 Å². The molecule has 1 aromatic rings. The molecule has 0 radical (unpaired) electrons. The molecule has 1 aliphatic heterocycles.